The average Bonchev–Trinajstić information content (AvgIpc) is 2.74. The molecule has 6 N–H and O–H groups in total. The summed E-state index contributed by atoms with van der Waals surface area (Å²) in [4.78, 5) is 28.8. The Kier molecular flexibility index (Phi) is 4.49. The highest BCUT2D eigenvalue weighted by atomic mass is 16.6. The molecule has 2 aliphatic rings. The number of aliphatic hydroxyl groups is 3. The lowest BCUT2D eigenvalue weighted by molar-refractivity contribution is -0.128. The molecule has 10 nitrogen and oxygen atoms in total. The molecule has 2 amide bonds. The van der Waals surface area contributed by atoms with Gasteiger partial charge < -0.3 is 20.1 Å². The Bertz CT molecular complexity index is 498. The number of carbonyl (C=O) groups is 2. The SMILES string of the molecule is CC(C)C(=O)C1(N)N=CN([C@@H]2O[C@H](CO)[C@@H](O)[C@H]2O)C(=O)N1. The summed E-state index contributed by atoms with van der Waals surface area (Å²) in [6.45, 7) is 2.72. The number of urea groups is 1. The van der Waals surface area contributed by atoms with E-state index in [1.807, 2.05) is 0 Å². The lowest BCUT2D eigenvalue weighted by Crippen LogP contribution is -2.68. The smallest absolute Gasteiger partial charge is 0.328 e. The van der Waals surface area contributed by atoms with Gasteiger partial charge in [0.2, 0.25) is 5.79 Å². The van der Waals surface area contributed by atoms with Crippen LogP contribution in [-0.4, -0.2) is 75.3 Å². The van der Waals surface area contributed by atoms with Crippen molar-refractivity contribution in [2.45, 2.75) is 44.2 Å². The van der Waals surface area contributed by atoms with Crippen LogP contribution < -0.4 is 11.1 Å². The Balaban J connectivity index is 2.19. The summed E-state index contributed by atoms with van der Waals surface area (Å²) in [6, 6.07) is -0.804. The first-order chi connectivity index (χ1) is 10.2. The fourth-order valence-corrected chi connectivity index (χ4v) is 2.32. The molecule has 10 heteroatoms. The van der Waals surface area contributed by atoms with Crippen LogP contribution >= 0.6 is 0 Å². The maximum absolute atomic E-state index is 12.1. The first-order valence-corrected chi connectivity index (χ1v) is 6.82. The molecule has 22 heavy (non-hydrogen) atoms. The third-order valence-electron chi connectivity index (χ3n) is 3.61. The first kappa shape index (κ1) is 16.8. The van der Waals surface area contributed by atoms with Gasteiger partial charge in [0, 0.05) is 5.92 Å². The van der Waals surface area contributed by atoms with E-state index in [0.29, 0.717) is 0 Å². The summed E-state index contributed by atoms with van der Waals surface area (Å²) in [7, 11) is 0. The number of carbonyl (C=O) groups excluding carboxylic acids is 2. The zero-order valence-corrected chi connectivity index (χ0v) is 12.2. The quantitative estimate of drug-likeness (QED) is 0.378. The molecule has 5 atom stereocenters. The monoisotopic (exact) mass is 316 g/mol. The number of ether oxygens (including phenoxy) is 1. The molecule has 0 aromatic heterocycles. The van der Waals surface area contributed by atoms with Crippen molar-refractivity contribution < 1.29 is 29.6 Å². The summed E-state index contributed by atoms with van der Waals surface area (Å²) in [6.07, 6.45) is -4.06. The summed E-state index contributed by atoms with van der Waals surface area (Å²) >= 11 is 0. The molecule has 0 aromatic rings. The number of nitrogens with two attached hydrogens (primary N) is 1. The molecule has 1 unspecified atom stereocenters. The fraction of sp³-hybridized carbons (Fsp3) is 0.750. The minimum atomic E-state index is -1.87. The van der Waals surface area contributed by atoms with Gasteiger partial charge in [0.05, 0.1) is 6.61 Å². The van der Waals surface area contributed by atoms with Crippen LogP contribution in [-0.2, 0) is 9.53 Å². The number of amides is 2. The Hall–Kier alpha value is -1.59. The molecular formula is C12H20N4O6. The highest BCUT2D eigenvalue weighted by molar-refractivity contribution is 5.99. The van der Waals surface area contributed by atoms with Crippen molar-refractivity contribution in [1.82, 2.24) is 10.2 Å². The molecule has 0 saturated carbocycles. The molecule has 0 aliphatic carbocycles. The molecular weight excluding hydrogens is 296 g/mol. The zero-order chi connectivity index (χ0) is 16.7. The summed E-state index contributed by atoms with van der Waals surface area (Å²) < 4.78 is 5.22. The zero-order valence-electron chi connectivity index (χ0n) is 12.2. The maximum atomic E-state index is 12.1. The minimum absolute atomic E-state index is 0.442. The van der Waals surface area contributed by atoms with Crippen LogP contribution in [0.25, 0.3) is 0 Å². The number of ketones is 1. The van der Waals surface area contributed by atoms with E-state index in [1.165, 1.54) is 0 Å². The molecule has 0 bridgehead atoms. The second kappa shape index (κ2) is 5.89. The Morgan fingerprint density at radius 3 is 2.64 bits per heavy atom. The molecule has 0 aromatic carbocycles. The fourth-order valence-electron chi connectivity index (χ4n) is 2.32. The predicted octanol–water partition coefficient (Wildman–Crippen LogP) is -2.68. The number of nitrogens with zero attached hydrogens (tertiary/aromatic N) is 2. The van der Waals surface area contributed by atoms with Crippen molar-refractivity contribution in [3.05, 3.63) is 0 Å². The number of aliphatic imine (C=N–C) groups is 1. The average molecular weight is 316 g/mol. The van der Waals surface area contributed by atoms with Crippen LogP contribution in [0, 0.1) is 5.92 Å². The van der Waals surface area contributed by atoms with E-state index in [0.717, 1.165) is 11.2 Å². The van der Waals surface area contributed by atoms with Crippen molar-refractivity contribution in [1.29, 1.82) is 0 Å². The van der Waals surface area contributed by atoms with Gasteiger partial charge in [-0.05, 0) is 0 Å². The lowest BCUT2D eigenvalue weighted by atomic mass is 10.0. The van der Waals surface area contributed by atoms with Gasteiger partial charge in [-0.2, -0.15) is 0 Å². The van der Waals surface area contributed by atoms with Gasteiger partial charge in [0.25, 0.3) is 0 Å². The van der Waals surface area contributed by atoms with Crippen LogP contribution in [0.4, 0.5) is 4.79 Å². The normalized spacial score (nSPS) is 38.5. The second-order valence-corrected chi connectivity index (χ2v) is 5.60. The number of aliphatic hydroxyl groups excluding tert-OH is 3. The van der Waals surface area contributed by atoms with Crippen LogP contribution in [0.1, 0.15) is 13.8 Å². The van der Waals surface area contributed by atoms with E-state index in [-0.39, 0.29) is 0 Å². The van der Waals surface area contributed by atoms with E-state index in [2.05, 4.69) is 10.3 Å². The highest BCUT2D eigenvalue weighted by Gasteiger charge is 2.49. The number of nitrogens with one attached hydrogen (secondary N) is 1. The topological polar surface area (TPSA) is 158 Å². The number of hydrogen-bond donors (Lipinski definition) is 5. The third-order valence-corrected chi connectivity index (χ3v) is 3.61. The molecule has 2 rings (SSSR count). The van der Waals surface area contributed by atoms with Gasteiger partial charge in [-0.25, -0.2) is 9.79 Å². The van der Waals surface area contributed by atoms with E-state index >= 15 is 0 Å². The van der Waals surface area contributed by atoms with E-state index in [1.54, 1.807) is 13.8 Å². The molecule has 2 heterocycles. The van der Waals surface area contributed by atoms with Gasteiger partial charge in [0.1, 0.15) is 24.7 Å². The van der Waals surface area contributed by atoms with Crippen LogP contribution in [0.3, 0.4) is 0 Å². The van der Waals surface area contributed by atoms with Crippen molar-refractivity contribution in [2.24, 2.45) is 16.6 Å². The standard InChI is InChI=1S/C12H20N4O6/c1-5(2)9(20)12(13)14-4-16(11(21)15-12)10-8(19)7(18)6(3-17)22-10/h4-8,10,17-19H,3,13H2,1-2H3,(H,15,21)/t6-,7-,8-,10-,12?/m1/s1. The third kappa shape index (κ3) is 2.71. The van der Waals surface area contributed by atoms with Crippen molar-refractivity contribution in [3.63, 3.8) is 0 Å². The van der Waals surface area contributed by atoms with Crippen LogP contribution in [0.15, 0.2) is 4.99 Å². The molecule has 1 fully saturated rings. The molecule has 1 saturated heterocycles. The Morgan fingerprint density at radius 1 is 1.55 bits per heavy atom. The molecule has 2 aliphatic heterocycles. The van der Waals surface area contributed by atoms with E-state index < -0.39 is 54.7 Å². The Labute approximate surface area is 126 Å². The van der Waals surface area contributed by atoms with Crippen LogP contribution in [0.5, 0.6) is 0 Å². The summed E-state index contributed by atoms with van der Waals surface area (Å²) in [5.74, 6) is -2.79. The second-order valence-electron chi connectivity index (χ2n) is 5.60. The van der Waals surface area contributed by atoms with Gasteiger partial charge in [-0.3, -0.25) is 20.7 Å². The first-order valence-electron chi connectivity index (χ1n) is 6.82. The minimum Gasteiger partial charge on any atom is -0.394 e. The van der Waals surface area contributed by atoms with Gasteiger partial charge in [0.15, 0.2) is 12.0 Å². The Morgan fingerprint density at radius 2 is 2.18 bits per heavy atom. The maximum Gasteiger partial charge on any atom is 0.328 e. The van der Waals surface area contributed by atoms with Crippen molar-refractivity contribution in [3.8, 4) is 0 Å². The lowest BCUT2D eigenvalue weighted by Gasteiger charge is -2.36. The van der Waals surface area contributed by atoms with E-state index in [4.69, 9.17) is 15.6 Å². The number of hydrogen-bond acceptors (Lipinski definition) is 8. The highest BCUT2D eigenvalue weighted by Crippen LogP contribution is 2.25. The summed E-state index contributed by atoms with van der Waals surface area (Å²) in [5, 5.41) is 30.9. The van der Waals surface area contributed by atoms with Gasteiger partial charge in [-0.15, -0.1) is 0 Å². The van der Waals surface area contributed by atoms with Gasteiger partial charge >= 0.3 is 6.03 Å². The van der Waals surface area contributed by atoms with Crippen LogP contribution in [0.2, 0.25) is 0 Å². The number of rotatable bonds is 4. The predicted molar refractivity (Wildman–Crippen MR) is 73.4 cm³/mol. The largest absolute Gasteiger partial charge is 0.394 e. The van der Waals surface area contributed by atoms with Crippen molar-refractivity contribution in [2.75, 3.05) is 6.61 Å². The number of Topliss-reactive ketones (excluding diaryl/α,β-unsaturated/α-hetero) is 1. The van der Waals surface area contributed by atoms with Crippen molar-refractivity contribution >= 4 is 18.2 Å². The van der Waals surface area contributed by atoms with Gasteiger partial charge in [-0.1, -0.05) is 13.8 Å². The molecule has 0 radical (unpaired) electrons. The van der Waals surface area contributed by atoms with E-state index in [9.17, 15) is 19.8 Å². The summed E-state index contributed by atoms with van der Waals surface area (Å²) in [5.41, 5.74) is 5.77. The molecule has 0 spiro atoms. The molecule has 124 valence electrons.